The molecule has 0 unspecified atom stereocenters. The summed E-state index contributed by atoms with van der Waals surface area (Å²) in [6.45, 7) is 0. The van der Waals surface area contributed by atoms with E-state index in [1.54, 1.807) is 26.4 Å². The van der Waals surface area contributed by atoms with E-state index >= 15 is 0 Å². The number of rotatable bonds is 7. The second-order valence-corrected chi connectivity index (χ2v) is 7.22. The molecule has 0 N–H and O–H groups in total. The zero-order valence-electron chi connectivity index (χ0n) is 18.3. The summed E-state index contributed by atoms with van der Waals surface area (Å²) in [5.41, 5.74) is 5.77. The van der Waals surface area contributed by atoms with Crippen molar-refractivity contribution in [3.05, 3.63) is 88.5 Å². The minimum Gasteiger partial charge on any atom is -0.496 e. The molecule has 0 saturated carbocycles. The topological polar surface area (TPSA) is 45.5 Å². The van der Waals surface area contributed by atoms with Crippen LogP contribution in [-0.2, 0) is 0 Å². The number of benzene rings is 3. The van der Waals surface area contributed by atoms with E-state index in [2.05, 4.69) is 41.3 Å². The summed E-state index contributed by atoms with van der Waals surface area (Å²) < 4.78 is 11.2. The van der Waals surface area contributed by atoms with Crippen LogP contribution in [0.3, 0.4) is 0 Å². The molecule has 3 aromatic rings. The molecular weight excluding hydrogens is 384 g/mol. The second kappa shape index (κ2) is 10.2. The highest BCUT2D eigenvalue weighted by Crippen LogP contribution is 2.32. The van der Waals surface area contributed by atoms with Crippen LogP contribution in [0.1, 0.15) is 27.8 Å². The van der Waals surface area contributed by atoms with Gasteiger partial charge in [0.2, 0.25) is 0 Å². The molecule has 3 rings (SSSR count). The van der Waals surface area contributed by atoms with Crippen LogP contribution in [0, 0.1) is 11.3 Å². The normalized spacial score (nSPS) is 10.9. The van der Waals surface area contributed by atoms with E-state index < -0.39 is 0 Å². The highest BCUT2D eigenvalue weighted by Gasteiger charge is 2.08. The summed E-state index contributed by atoms with van der Waals surface area (Å²) >= 11 is 0. The standard InChI is InChI=1S/C27H26N2O2/c1-29(2)25-15-11-21(12-16-25)10-14-24-18-26(30-3)23(17-27(24)31-4)13-9-20-5-7-22(19-28)8-6-20/h5-18H,1-4H3/b13-9+,14-10+. The average Bonchev–Trinajstić information content (AvgIpc) is 2.81. The van der Waals surface area contributed by atoms with Gasteiger partial charge in [0.1, 0.15) is 11.5 Å². The third kappa shape index (κ3) is 5.55. The molecule has 0 aliphatic heterocycles. The molecule has 4 heteroatoms. The first-order valence-electron chi connectivity index (χ1n) is 9.94. The van der Waals surface area contributed by atoms with E-state index in [0.717, 1.165) is 39.4 Å². The van der Waals surface area contributed by atoms with Crippen molar-refractivity contribution in [3.63, 3.8) is 0 Å². The molecule has 0 amide bonds. The Balaban J connectivity index is 1.87. The maximum absolute atomic E-state index is 8.93. The van der Waals surface area contributed by atoms with Gasteiger partial charge in [-0.1, -0.05) is 48.6 Å². The Morgan fingerprint density at radius 1 is 0.710 bits per heavy atom. The molecule has 0 bridgehead atoms. The van der Waals surface area contributed by atoms with Crippen molar-refractivity contribution in [1.82, 2.24) is 0 Å². The van der Waals surface area contributed by atoms with Crippen molar-refractivity contribution >= 4 is 30.0 Å². The Hall–Kier alpha value is -3.97. The van der Waals surface area contributed by atoms with Gasteiger partial charge in [-0.3, -0.25) is 0 Å². The van der Waals surface area contributed by atoms with Gasteiger partial charge in [-0.05, 0) is 47.5 Å². The Morgan fingerprint density at radius 2 is 1.16 bits per heavy atom. The van der Waals surface area contributed by atoms with Gasteiger partial charge in [0.25, 0.3) is 0 Å². The van der Waals surface area contributed by atoms with Gasteiger partial charge < -0.3 is 14.4 Å². The molecule has 156 valence electrons. The maximum atomic E-state index is 8.93. The van der Waals surface area contributed by atoms with E-state index in [1.165, 1.54) is 0 Å². The molecular formula is C27H26N2O2. The second-order valence-electron chi connectivity index (χ2n) is 7.22. The van der Waals surface area contributed by atoms with E-state index in [4.69, 9.17) is 14.7 Å². The van der Waals surface area contributed by atoms with Crippen LogP contribution < -0.4 is 14.4 Å². The summed E-state index contributed by atoms with van der Waals surface area (Å²) in [7, 11) is 7.38. The van der Waals surface area contributed by atoms with E-state index in [9.17, 15) is 0 Å². The van der Waals surface area contributed by atoms with Gasteiger partial charge in [0.15, 0.2) is 0 Å². The highest BCUT2D eigenvalue weighted by molar-refractivity contribution is 5.79. The van der Waals surface area contributed by atoms with Crippen LogP contribution in [0.2, 0.25) is 0 Å². The largest absolute Gasteiger partial charge is 0.496 e. The molecule has 0 aromatic heterocycles. The molecule has 0 atom stereocenters. The predicted octanol–water partition coefficient (Wildman–Crippen LogP) is 5.98. The SMILES string of the molecule is COc1cc(/C=C/c2ccc(N(C)C)cc2)c(OC)cc1/C=C/c1ccc(C#N)cc1. The third-order valence-corrected chi connectivity index (χ3v) is 4.94. The first-order chi connectivity index (χ1) is 15.0. The number of nitrogens with zero attached hydrogens (tertiary/aromatic N) is 2. The van der Waals surface area contributed by atoms with Crippen LogP contribution in [0.25, 0.3) is 24.3 Å². The van der Waals surface area contributed by atoms with Crippen molar-refractivity contribution in [2.45, 2.75) is 0 Å². The number of anilines is 1. The highest BCUT2D eigenvalue weighted by atomic mass is 16.5. The Kier molecular flexibility index (Phi) is 7.13. The lowest BCUT2D eigenvalue weighted by Gasteiger charge is -2.12. The fourth-order valence-electron chi connectivity index (χ4n) is 3.13. The zero-order chi connectivity index (χ0) is 22.2. The average molecular weight is 411 g/mol. The third-order valence-electron chi connectivity index (χ3n) is 4.94. The minimum absolute atomic E-state index is 0.642. The first kappa shape index (κ1) is 21.7. The van der Waals surface area contributed by atoms with Gasteiger partial charge >= 0.3 is 0 Å². The van der Waals surface area contributed by atoms with Gasteiger partial charge in [-0.15, -0.1) is 0 Å². The van der Waals surface area contributed by atoms with Gasteiger partial charge in [-0.2, -0.15) is 5.26 Å². The van der Waals surface area contributed by atoms with E-state index in [-0.39, 0.29) is 0 Å². The fourth-order valence-corrected chi connectivity index (χ4v) is 3.13. The molecule has 0 radical (unpaired) electrons. The molecule has 0 aliphatic rings. The number of hydrogen-bond donors (Lipinski definition) is 0. The number of ether oxygens (including phenoxy) is 2. The van der Waals surface area contributed by atoms with Gasteiger partial charge in [0, 0.05) is 30.9 Å². The Bertz CT molecular complexity index is 1120. The first-order valence-corrected chi connectivity index (χ1v) is 9.94. The summed E-state index contributed by atoms with van der Waals surface area (Å²) in [6.07, 6.45) is 8.06. The quantitative estimate of drug-likeness (QED) is 0.449. The monoisotopic (exact) mass is 410 g/mol. The van der Waals surface area contributed by atoms with Crippen molar-refractivity contribution < 1.29 is 9.47 Å². The molecule has 0 aliphatic carbocycles. The molecule has 0 fully saturated rings. The molecule has 3 aromatic carbocycles. The van der Waals surface area contributed by atoms with E-state index in [0.29, 0.717) is 5.56 Å². The molecule has 0 spiro atoms. The Labute approximate surface area is 184 Å². The molecule has 0 saturated heterocycles. The number of nitriles is 1. The van der Waals surface area contributed by atoms with Crippen molar-refractivity contribution in [2.75, 3.05) is 33.2 Å². The van der Waals surface area contributed by atoms with Crippen LogP contribution in [0.5, 0.6) is 11.5 Å². The van der Waals surface area contributed by atoms with Crippen molar-refractivity contribution in [3.8, 4) is 17.6 Å². The number of hydrogen-bond acceptors (Lipinski definition) is 4. The van der Waals surface area contributed by atoms with Crippen LogP contribution in [-0.4, -0.2) is 28.3 Å². The summed E-state index contributed by atoms with van der Waals surface area (Å²) in [6, 6.07) is 21.9. The summed E-state index contributed by atoms with van der Waals surface area (Å²) in [5, 5.41) is 8.93. The molecule has 4 nitrogen and oxygen atoms in total. The number of methoxy groups -OCH3 is 2. The van der Waals surface area contributed by atoms with Gasteiger partial charge in [0.05, 0.1) is 25.9 Å². The van der Waals surface area contributed by atoms with Crippen molar-refractivity contribution in [2.24, 2.45) is 0 Å². The minimum atomic E-state index is 0.642. The lowest BCUT2D eigenvalue weighted by molar-refractivity contribution is 0.401. The predicted molar refractivity (Wildman–Crippen MR) is 129 cm³/mol. The van der Waals surface area contributed by atoms with Crippen LogP contribution in [0.4, 0.5) is 5.69 Å². The lowest BCUT2D eigenvalue weighted by atomic mass is 10.0. The van der Waals surface area contributed by atoms with Gasteiger partial charge in [-0.25, -0.2) is 0 Å². The summed E-state index contributed by atoms with van der Waals surface area (Å²) in [4.78, 5) is 2.07. The fraction of sp³-hybridized carbons (Fsp3) is 0.148. The van der Waals surface area contributed by atoms with E-state index in [1.807, 2.05) is 56.6 Å². The lowest BCUT2D eigenvalue weighted by Crippen LogP contribution is -2.07. The zero-order valence-corrected chi connectivity index (χ0v) is 18.3. The smallest absolute Gasteiger partial charge is 0.126 e. The maximum Gasteiger partial charge on any atom is 0.126 e. The molecule has 31 heavy (non-hydrogen) atoms. The molecule has 0 heterocycles. The Morgan fingerprint density at radius 3 is 1.55 bits per heavy atom. The van der Waals surface area contributed by atoms with Crippen LogP contribution in [0.15, 0.2) is 60.7 Å². The van der Waals surface area contributed by atoms with Crippen molar-refractivity contribution in [1.29, 1.82) is 5.26 Å². The van der Waals surface area contributed by atoms with Crippen LogP contribution >= 0.6 is 0 Å². The summed E-state index contributed by atoms with van der Waals surface area (Å²) in [5.74, 6) is 1.52.